The van der Waals surface area contributed by atoms with Crippen LogP contribution in [0, 0.1) is 0 Å². The lowest BCUT2D eigenvalue weighted by Crippen LogP contribution is -2.45. The maximum Gasteiger partial charge on any atom is 0.268 e. The normalized spacial score (nSPS) is 14.4. The number of unbranched alkanes of at least 4 members (excludes halogenated alkanes) is 30. The fourth-order valence-electron chi connectivity index (χ4n) is 7.23. The summed E-state index contributed by atoms with van der Waals surface area (Å²) in [6, 6.07) is -0.898. The standard InChI is InChI=1S/C49H97N2O6P/c1-6-8-10-12-14-16-18-20-22-23-24-25-26-27-28-29-30-32-34-36-38-40-42-48(52)47(46-57-58(54,55)56-45-44-51(3,4)5)50-49(53)43-41-39-37-35-33-31-21-19-17-15-13-11-9-7-2/h32,34,40,42,47-48,52H,6-31,33,35-39,41,43-46H2,1-5H3,(H-,50,53,54,55)/b34-32+,42-40+. The second-order valence-electron chi connectivity index (χ2n) is 18.2. The summed E-state index contributed by atoms with van der Waals surface area (Å²) in [4.78, 5) is 25.3. The van der Waals surface area contributed by atoms with Crippen molar-refractivity contribution in [3.8, 4) is 0 Å². The van der Waals surface area contributed by atoms with Gasteiger partial charge in [-0.1, -0.05) is 218 Å². The Morgan fingerprint density at radius 2 is 0.966 bits per heavy atom. The lowest BCUT2D eigenvalue weighted by molar-refractivity contribution is -0.870. The summed E-state index contributed by atoms with van der Waals surface area (Å²) >= 11 is 0. The molecule has 0 fully saturated rings. The van der Waals surface area contributed by atoms with Crippen molar-refractivity contribution >= 4 is 13.7 Å². The number of nitrogens with zero attached hydrogens (tertiary/aromatic N) is 1. The van der Waals surface area contributed by atoms with Gasteiger partial charge in [0.05, 0.1) is 39.9 Å². The van der Waals surface area contributed by atoms with Gasteiger partial charge >= 0.3 is 0 Å². The zero-order valence-corrected chi connectivity index (χ0v) is 39.9. The molecule has 3 unspecified atom stereocenters. The number of phosphoric ester groups is 1. The molecule has 58 heavy (non-hydrogen) atoms. The number of hydrogen-bond acceptors (Lipinski definition) is 6. The van der Waals surface area contributed by atoms with Gasteiger partial charge in [0.2, 0.25) is 5.91 Å². The van der Waals surface area contributed by atoms with E-state index in [1.54, 1.807) is 6.08 Å². The largest absolute Gasteiger partial charge is 0.756 e. The van der Waals surface area contributed by atoms with E-state index in [9.17, 15) is 19.4 Å². The van der Waals surface area contributed by atoms with Crippen molar-refractivity contribution in [1.82, 2.24) is 5.32 Å². The van der Waals surface area contributed by atoms with E-state index in [1.165, 1.54) is 173 Å². The van der Waals surface area contributed by atoms with E-state index in [2.05, 4.69) is 31.3 Å². The van der Waals surface area contributed by atoms with Gasteiger partial charge in [-0.2, -0.15) is 0 Å². The van der Waals surface area contributed by atoms with Crippen LogP contribution < -0.4 is 10.2 Å². The molecule has 3 atom stereocenters. The molecule has 0 spiro atoms. The van der Waals surface area contributed by atoms with E-state index < -0.39 is 20.0 Å². The number of carbonyl (C=O) groups excluding carboxylic acids is 1. The van der Waals surface area contributed by atoms with Crippen LogP contribution >= 0.6 is 7.82 Å². The number of quaternary nitrogens is 1. The van der Waals surface area contributed by atoms with E-state index in [4.69, 9.17) is 9.05 Å². The quantitative estimate of drug-likeness (QED) is 0.0274. The van der Waals surface area contributed by atoms with Crippen LogP contribution in [0.25, 0.3) is 0 Å². The first-order chi connectivity index (χ1) is 28.0. The van der Waals surface area contributed by atoms with Crippen molar-refractivity contribution in [1.29, 1.82) is 0 Å². The lowest BCUT2D eigenvalue weighted by atomic mass is 10.0. The molecule has 344 valence electrons. The fraction of sp³-hybridized carbons (Fsp3) is 0.898. The zero-order valence-electron chi connectivity index (χ0n) is 39.0. The Morgan fingerprint density at radius 3 is 1.40 bits per heavy atom. The number of nitrogens with one attached hydrogen (secondary N) is 1. The van der Waals surface area contributed by atoms with Crippen molar-refractivity contribution < 1.29 is 32.9 Å². The summed E-state index contributed by atoms with van der Waals surface area (Å²) in [7, 11) is 1.25. The first kappa shape index (κ1) is 57.0. The monoisotopic (exact) mass is 841 g/mol. The Kier molecular flexibility index (Phi) is 40.6. The number of phosphoric acid groups is 1. The van der Waals surface area contributed by atoms with Gasteiger partial charge in [-0.15, -0.1) is 0 Å². The minimum Gasteiger partial charge on any atom is -0.756 e. The highest BCUT2D eigenvalue weighted by molar-refractivity contribution is 7.45. The van der Waals surface area contributed by atoms with E-state index in [0.29, 0.717) is 17.4 Å². The molecule has 1 amide bonds. The van der Waals surface area contributed by atoms with E-state index in [1.807, 2.05) is 27.2 Å². The molecule has 0 saturated heterocycles. The fourth-order valence-corrected chi connectivity index (χ4v) is 7.95. The molecule has 0 aromatic heterocycles. The summed E-state index contributed by atoms with van der Waals surface area (Å²) in [5.41, 5.74) is 0. The minimum absolute atomic E-state index is 0.00409. The van der Waals surface area contributed by atoms with Gasteiger partial charge in [-0.05, 0) is 32.1 Å². The number of likely N-dealkylation sites (N-methyl/N-ethyl adjacent to an activating group) is 1. The summed E-state index contributed by atoms with van der Waals surface area (Å²) in [6.07, 6.45) is 49.5. The highest BCUT2D eigenvalue weighted by Crippen LogP contribution is 2.38. The van der Waals surface area contributed by atoms with Crippen LogP contribution in [0.4, 0.5) is 0 Å². The van der Waals surface area contributed by atoms with E-state index in [-0.39, 0.29) is 19.1 Å². The molecule has 0 bridgehead atoms. The van der Waals surface area contributed by atoms with Crippen molar-refractivity contribution in [2.75, 3.05) is 40.9 Å². The molecule has 9 heteroatoms. The molecule has 0 radical (unpaired) electrons. The first-order valence-electron chi connectivity index (χ1n) is 24.7. The van der Waals surface area contributed by atoms with Crippen molar-refractivity contribution in [3.63, 3.8) is 0 Å². The van der Waals surface area contributed by atoms with Crippen molar-refractivity contribution in [2.45, 2.75) is 244 Å². The van der Waals surface area contributed by atoms with Crippen LogP contribution in [0.5, 0.6) is 0 Å². The zero-order chi connectivity index (χ0) is 42.8. The molecule has 0 aliphatic carbocycles. The molecule has 0 rings (SSSR count). The third-order valence-electron chi connectivity index (χ3n) is 11.2. The summed E-state index contributed by atoms with van der Waals surface area (Å²) in [6.45, 7) is 4.65. The van der Waals surface area contributed by atoms with Gasteiger partial charge in [0, 0.05) is 6.42 Å². The Balaban J connectivity index is 4.35. The average Bonchev–Trinajstić information content (AvgIpc) is 3.17. The summed E-state index contributed by atoms with van der Waals surface area (Å²) < 4.78 is 23.2. The Bertz CT molecular complexity index is 1000. The maximum atomic E-state index is 12.9. The van der Waals surface area contributed by atoms with Crippen LogP contribution in [-0.2, 0) is 18.4 Å². The maximum absolute atomic E-state index is 12.9. The van der Waals surface area contributed by atoms with Crippen molar-refractivity contribution in [3.05, 3.63) is 24.3 Å². The lowest BCUT2D eigenvalue weighted by Gasteiger charge is -2.29. The van der Waals surface area contributed by atoms with Crippen LogP contribution in [0.1, 0.15) is 232 Å². The number of aliphatic hydroxyl groups excluding tert-OH is 1. The molecule has 0 aliphatic heterocycles. The van der Waals surface area contributed by atoms with Gasteiger partial charge in [0.1, 0.15) is 13.2 Å². The Hall–Kier alpha value is -1.02. The minimum atomic E-state index is -4.59. The number of allylic oxidation sites excluding steroid dienone is 3. The summed E-state index contributed by atoms with van der Waals surface area (Å²) in [5, 5.41) is 13.8. The van der Waals surface area contributed by atoms with Crippen LogP contribution in [-0.4, -0.2) is 68.5 Å². The van der Waals surface area contributed by atoms with Crippen LogP contribution in [0.3, 0.4) is 0 Å². The van der Waals surface area contributed by atoms with Crippen molar-refractivity contribution in [2.24, 2.45) is 0 Å². The highest BCUT2D eigenvalue weighted by atomic mass is 31.2. The molecular weight excluding hydrogens is 744 g/mol. The third-order valence-corrected chi connectivity index (χ3v) is 12.1. The van der Waals surface area contributed by atoms with E-state index >= 15 is 0 Å². The number of rotatable bonds is 45. The molecule has 0 aromatic rings. The van der Waals surface area contributed by atoms with Crippen LogP contribution in [0.15, 0.2) is 24.3 Å². The molecule has 8 nitrogen and oxygen atoms in total. The average molecular weight is 841 g/mol. The second-order valence-corrected chi connectivity index (χ2v) is 19.6. The molecule has 0 aromatic carbocycles. The molecule has 0 heterocycles. The topological polar surface area (TPSA) is 108 Å². The molecular formula is C49H97N2O6P. The highest BCUT2D eigenvalue weighted by Gasteiger charge is 2.23. The number of aliphatic hydroxyl groups is 1. The number of amides is 1. The second kappa shape index (κ2) is 41.3. The third kappa shape index (κ3) is 43.1. The SMILES string of the molecule is CCCCCCCCCCCCCCCCCC/C=C/CC/C=C/C(O)C(COP(=O)([O-])OCC[N+](C)(C)C)NC(=O)CCCCCCCCCCCCCCCC. The molecule has 2 N–H and O–H groups in total. The molecule has 0 saturated carbocycles. The Morgan fingerprint density at radius 1 is 0.586 bits per heavy atom. The van der Waals surface area contributed by atoms with Gasteiger partial charge in [0.25, 0.3) is 7.82 Å². The predicted octanol–water partition coefficient (Wildman–Crippen LogP) is 13.5. The predicted molar refractivity (Wildman–Crippen MR) is 247 cm³/mol. The van der Waals surface area contributed by atoms with E-state index in [0.717, 1.165) is 38.5 Å². The smallest absolute Gasteiger partial charge is 0.268 e. The van der Waals surface area contributed by atoms with Gasteiger partial charge < -0.3 is 28.8 Å². The number of hydrogen-bond donors (Lipinski definition) is 2. The van der Waals surface area contributed by atoms with Gasteiger partial charge in [-0.25, -0.2) is 0 Å². The molecule has 0 aliphatic rings. The number of carbonyl (C=O) groups is 1. The summed E-state index contributed by atoms with van der Waals surface area (Å²) in [5.74, 6) is -0.205. The van der Waals surface area contributed by atoms with Crippen LogP contribution in [0.2, 0.25) is 0 Å². The van der Waals surface area contributed by atoms with Gasteiger partial charge in [-0.3, -0.25) is 9.36 Å². The van der Waals surface area contributed by atoms with Gasteiger partial charge in [0.15, 0.2) is 0 Å². The Labute approximate surface area is 360 Å². The first-order valence-corrected chi connectivity index (χ1v) is 26.2.